The third kappa shape index (κ3) is 3.77. The number of ether oxygens (including phenoxy) is 1. The van der Waals surface area contributed by atoms with Gasteiger partial charge < -0.3 is 10.1 Å². The molecule has 1 aromatic rings. The lowest BCUT2D eigenvalue weighted by molar-refractivity contribution is 0.0990. The molecule has 0 amide bonds. The summed E-state index contributed by atoms with van der Waals surface area (Å²) in [6, 6.07) is 6.43. The van der Waals surface area contributed by atoms with E-state index < -0.39 is 12.5 Å². The molecule has 0 bridgehead atoms. The summed E-state index contributed by atoms with van der Waals surface area (Å²) in [5.41, 5.74) is 0.852. The number of rotatable bonds is 6. The number of hydrogen-bond donors (Lipinski definition) is 1. The SMILES string of the molecule is CCNC(Cc1cccc(OC)c1)C(F)F. The number of benzene rings is 1. The van der Waals surface area contributed by atoms with Crippen molar-refractivity contribution in [3.05, 3.63) is 29.8 Å². The summed E-state index contributed by atoms with van der Waals surface area (Å²) in [6.45, 7) is 2.36. The molecule has 0 spiro atoms. The molecule has 1 unspecified atom stereocenters. The highest BCUT2D eigenvalue weighted by atomic mass is 19.3. The zero-order valence-electron chi connectivity index (χ0n) is 9.54. The summed E-state index contributed by atoms with van der Waals surface area (Å²) in [6.07, 6.45) is -2.05. The third-order valence-corrected chi connectivity index (χ3v) is 2.36. The summed E-state index contributed by atoms with van der Waals surface area (Å²) in [5, 5.41) is 2.78. The number of likely N-dealkylation sites (N-methyl/N-ethyl adjacent to an activating group) is 1. The van der Waals surface area contributed by atoms with Gasteiger partial charge in [0.25, 0.3) is 6.43 Å². The lowest BCUT2D eigenvalue weighted by atomic mass is 10.1. The Labute approximate surface area is 94.6 Å². The van der Waals surface area contributed by atoms with Gasteiger partial charge in [-0.2, -0.15) is 0 Å². The lowest BCUT2D eigenvalue weighted by Crippen LogP contribution is -2.37. The molecule has 1 atom stereocenters. The molecule has 0 aromatic heterocycles. The average Bonchev–Trinajstić information content (AvgIpc) is 2.28. The largest absolute Gasteiger partial charge is 0.497 e. The molecule has 90 valence electrons. The quantitative estimate of drug-likeness (QED) is 0.809. The van der Waals surface area contributed by atoms with E-state index in [0.717, 1.165) is 5.56 Å². The van der Waals surface area contributed by atoms with Crippen molar-refractivity contribution in [3.63, 3.8) is 0 Å². The Kier molecular flexibility index (Phi) is 5.19. The van der Waals surface area contributed by atoms with Gasteiger partial charge in [0.15, 0.2) is 0 Å². The van der Waals surface area contributed by atoms with Crippen molar-refractivity contribution in [2.24, 2.45) is 0 Å². The molecule has 16 heavy (non-hydrogen) atoms. The smallest absolute Gasteiger partial charge is 0.254 e. The van der Waals surface area contributed by atoms with Crippen LogP contribution in [0.2, 0.25) is 0 Å². The van der Waals surface area contributed by atoms with Crippen LogP contribution in [0.5, 0.6) is 5.75 Å². The summed E-state index contributed by atoms with van der Waals surface area (Å²) < 4.78 is 30.4. The van der Waals surface area contributed by atoms with Gasteiger partial charge >= 0.3 is 0 Å². The maximum atomic E-state index is 12.7. The molecule has 0 heterocycles. The molecule has 0 saturated heterocycles. The van der Waals surface area contributed by atoms with Crippen molar-refractivity contribution in [1.29, 1.82) is 0 Å². The van der Waals surface area contributed by atoms with Crippen LogP contribution in [-0.2, 0) is 6.42 Å². The molecule has 1 aromatic carbocycles. The third-order valence-electron chi connectivity index (χ3n) is 2.36. The predicted octanol–water partition coefficient (Wildman–Crippen LogP) is 2.48. The average molecular weight is 229 g/mol. The van der Waals surface area contributed by atoms with E-state index in [4.69, 9.17) is 4.74 Å². The maximum absolute atomic E-state index is 12.7. The Morgan fingerprint density at radius 3 is 2.69 bits per heavy atom. The van der Waals surface area contributed by atoms with Crippen molar-refractivity contribution in [3.8, 4) is 5.75 Å². The van der Waals surface area contributed by atoms with Gasteiger partial charge in [-0.05, 0) is 30.7 Å². The first-order valence-corrected chi connectivity index (χ1v) is 5.31. The van der Waals surface area contributed by atoms with E-state index in [-0.39, 0.29) is 0 Å². The van der Waals surface area contributed by atoms with E-state index in [0.29, 0.717) is 18.7 Å². The van der Waals surface area contributed by atoms with Crippen LogP contribution in [0.1, 0.15) is 12.5 Å². The van der Waals surface area contributed by atoms with Crippen molar-refractivity contribution in [1.82, 2.24) is 5.32 Å². The van der Waals surface area contributed by atoms with E-state index in [2.05, 4.69) is 5.32 Å². The number of hydrogen-bond acceptors (Lipinski definition) is 2. The Morgan fingerprint density at radius 2 is 2.12 bits per heavy atom. The van der Waals surface area contributed by atoms with Crippen LogP contribution in [0.3, 0.4) is 0 Å². The lowest BCUT2D eigenvalue weighted by Gasteiger charge is -2.17. The zero-order chi connectivity index (χ0) is 12.0. The van der Waals surface area contributed by atoms with Crippen LogP contribution < -0.4 is 10.1 Å². The highest BCUT2D eigenvalue weighted by molar-refractivity contribution is 5.29. The van der Waals surface area contributed by atoms with Gasteiger partial charge in [-0.25, -0.2) is 8.78 Å². The molecular weight excluding hydrogens is 212 g/mol. The van der Waals surface area contributed by atoms with Gasteiger partial charge in [0.1, 0.15) is 5.75 Å². The summed E-state index contributed by atoms with van der Waals surface area (Å²) in [4.78, 5) is 0. The molecule has 2 nitrogen and oxygen atoms in total. The monoisotopic (exact) mass is 229 g/mol. The first kappa shape index (κ1) is 12.9. The number of nitrogens with one attached hydrogen (secondary N) is 1. The fourth-order valence-corrected chi connectivity index (χ4v) is 1.57. The van der Waals surface area contributed by atoms with Crippen molar-refractivity contribution in [2.45, 2.75) is 25.8 Å². The van der Waals surface area contributed by atoms with Crippen LogP contribution in [0.15, 0.2) is 24.3 Å². The Bertz CT molecular complexity index is 318. The molecule has 0 aliphatic carbocycles. The number of alkyl halides is 2. The fraction of sp³-hybridized carbons (Fsp3) is 0.500. The van der Waals surface area contributed by atoms with Gasteiger partial charge in [0.05, 0.1) is 13.2 Å². The minimum absolute atomic E-state index is 0.308. The second-order valence-corrected chi connectivity index (χ2v) is 3.55. The second kappa shape index (κ2) is 6.43. The van der Waals surface area contributed by atoms with E-state index in [1.807, 2.05) is 19.1 Å². The van der Waals surface area contributed by atoms with Crippen LogP contribution in [-0.4, -0.2) is 26.1 Å². The molecule has 0 aliphatic heterocycles. The number of methoxy groups -OCH3 is 1. The standard InChI is InChI=1S/C12H17F2NO/c1-3-15-11(12(13)14)8-9-5-4-6-10(7-9)16-2/h4-7,11-12,15H,3,8H2,1-2H3. The van der Waals surface area contributed by atoms with Gasteiger partial charge in [-0.3, -0.25) is 0 Å². The Balaban J connectivity index is 2.68. The predicted molar refractivity (Wildman–Crippen MR) is 60.2 cm³/mol. The Morgan fingerprint density at radius 1 is 1.38 bits per heavy atom. The normalized spacial score (nSPS) is 12.8. The van der Waals surface area contributed by atoms with Crippen molar-refractivity contribution in [2.75, 3.05) is 13.7 Å². The maximum Gasteiger partial charge on any atom is 0.254 e. The first-order chi connectivity index (χ1) is 7.67. The van der Waals surface area contributed by atoms with Gasteiger partial charge in [0.2, 0.25) is 0 Å². The molecule has 1 rings (SSSR count). The molecular formula is C12H17F2NO. The molecule has 0 saturated carbocycles. The van der Waals surface area contributed by atoms with Crippen LogP contribution in [0.4, 0.5) is 8.78 Å². The fourth-order valence-electron chi connectivity index (χ4n) is 1.57. The van der Waals surface area contributed by atoms with E-state index in [1.165, 1.54) is 0 Å². The molecule has 0 fully saturated rings. The van der Waals surface area contributed by atoms with E-state index in [1.54, 1.807) is 19.2 Å². The Hall–Kier alpha value is -1.16. The minimum Gasteiger partial charge on any atom is -0.497 e. The summed E-state index contributed by atoms with van der Waals surface area (Å²) in [5.74, 6) is 0.696. The first-order valence-electron chi connectivity index (χ1n) is 5.31. The molecule has 0 aliphatic rings. The highest BCUT2D eigenvalue weighted by Crippen LogP contribution is 2.16. The van der Waals surface area contributed by atoms with Crippen LogP contribution >= 0.6 is 0 Å². The van der Waals surface area contributed by atoms with Gasteiger partial charge in [-0.15, -0.1) is 0 Å². The van der Waals surface area contributed by atoms with Crippen molar-refractivity contribution < 1.29 is 13.5 Å². The second-order valence-electron chi connectivity index (χ2n) is 3.55. The van der Waals surface area contributed by atoms with Crippen molar-refractivity contribution >= 4 is 0 Å². The molecule has 0 radical (unpaired) electrons. The van der Waals surface area contributed by atoms with Crippen LogP contribution in [0, 0.1) is 0 Å². The van der Waals surface area contributed by atoms with Gasteiger partial charge in [-0.1, -0.05) is 19.1 Å². The van der Waals surface area contributed by atoms with E-state index >= 15 is 0 Å². The highest BCUT2D eigenvalue weighted by Gasteiger charge is 2.19. The van der Waals surface area contributed by atoms with Gasteiger partial charge in [0, 0.05) is 0 Å². The zero-order valence-corrected chi connectivity index (χ0v) is 9.54. The minimum atomic E-state index is -2.36. The molecule has 1 N–H and O–H groups in total. The molecule has 4 heteroatoms. The van der Waals surface area contributed by atoms with E-state index in [9.17, 15) is 8.78 Å². The number of halogens is 2. The topological polar surface area (TPSA) is 21.3 Å². The summed E-state index contributed by atoms with van der Waals surface area (Å²) in [7, 11) is 1.56. The van der Waals surface area contributed by atoms with Crippen LogP contribution in [0.25, 0.3) is 0 Å². The summed E-state index contributed by atoms with van der Waals surface area (Å²) >= 11 is 0.